The minimum absolute atomic E-state index is 0.0612. The minimum Gasteiger partial charge on any atom is -0.388 e. The SMILES string of the molecule is CCCC(O)(C#Cc1cccc([C@H](O)CCNC(=O)C(F)(F)F)c1)CCC. The van der Waals surface area contributed by atoms with Crippen molar-refractivity contribution in [1.29, 1.82) is 0 Å². The standard InChI is InChI=1S/C20H26F3NO3/c1-3-10-19(27,11-4-2)12-8-15-6-5-7-16(14-15)17(25)9-13-24-18(26)20(21,22)23/h5-7,14,17,25,27H,3-4,9-11,13H2,1-2H3,(H,24,26)/t17-/m1/s1. The Hall–Kier alpha value is -2.04. The summed E-state index contributed by atoms with van der Waals surface area (Å²) >= 11 is 0. The number of aliphatic hydroxyl groups excluding tert-OH is 1. The highest BCUT2D eigenvalue weighted by Gasteiger charge is 2.38. The number of carbonyl (C=O) groups excluding carboxylic acids is 1. The van der Waals surface area contributed by atoms with Gasteiger partial charge in [0.1, 0.15) is 5.60 Å². The Morgan fingerprint density at radius 1 is 1.22 bits per heavy atom. The van der Waals surface area contributed by atoms with Crippen LogP contribution in [0.4, 0.5) is 13.2 Å². The monoisotopic (exact) mass is 385 g/mol. The lowest BCUT2D eigenvalue weighted by Crippen LogP contribution is -2.37. The van der Waals surface area contributed by atoms with Crippen LogP contribution in [0.15, 0.2) is 24.3 Å². The van der Waals surface area contributed by atoms with Crippen LogP contribution in [-0.4, -0.2) is 34.4 Å². The van der Waals surface area contributed by atoms with Crippen molar-refractivity contribution >= 4 is 5.91 Å². The van der Waals surface area contributed by atoms with Crippen molar-refractivity contribution in [1.82, 2.24) is 5.32 Å². The Balaban J connectivity index is 2.76. The van der Waals surface area contributed by atoms with Gasteiger partial charge in [0, 0.05) is 12.1 Å². The molecule has 1 amide bonds. The van der Waals surface area contributed by atoms with Gasteiger partial charge < -0.3 is 15.5 Å². The Labute approximate surface area is 157 Å². The predicted octanol–water partition coefficient (Wildman–Crippen LogP) is 3.47. The first-order valence-electron chi connectivity index (χ1n) is 9.00. The molecule has 0 saturated carbocycles. The summed E-state index contributed by atoms with van der Waals surface area (Å²) in [6.07, 6.45) is -3.31. The molecule has 150 valence electrons. The zero-order valence-electron chi connectivity index (χ0n) is 15.6. The summed E-state index contributed by atoms with van der Waals surface area (Å²) in [6.45, 7) is 3.63. The fourth-order valence-electron chi connectivity index (χ4n) is 2.68. The molecule has 27 heavy (non-hydrogen) atoms. The second-order valence-electron chi connectivity index (χ2n) is 6.47. The first-order chi connectivity index (χ1) is 12.6. The molecule has 0 heterocycles. The highest BCUT2D eigenvalue weighted by atomic mass is 19.4. The van der Waals surface area contributed by atoms with E-state index in [9.17, 15) is 28.2 Å². The number of halogens is 3. The maximum Gasteiger partial charge on any atom is 0.471 e. The second-order valence-corrected chi connectivity index (χ2v) is 6.47. The van der Waals surface area contributed by atoms with Crippen LogP contribution in [-0.2, 0) is 4.79 Å². The van der Waals surface area contributed by atoms with E-state index in [4.69, 9.17) is 0 Å². The van der Waals surface area contributed by atoms with E-state index in [1.807, 2.05) is 13.8 Å². The Kier molecular flexibility index (Phi) is 8.80. The van der Waals surface area contributed by atoms with Crippen molar-refractivity contribution in [2.45, 2.75) is 63.8 Å². The predicted molar refractivity (Wildman–Crippen MR) is 96.7 cm³/mol. The van der Waals surface area contributed by atoms with Crippen molar-refractivity contribution in [3.63, 3.8) is 0 Å². The fourth-order valence-corrected chi connectivity index (χ4v) is 2.68. The van der Waals surface area contributed by atoms with Gasteiger partial charge in [-0.1, -0.05) is 50.7 Å². The van der Waals surface area contributed by atoms with E-state index in [1.54, 1.807) is 29.6 Å². The first-order valence-corrected chi connectivity index (χ1v) is 9.00. The largest absolute Gasteiger partial charge is 0.471 e. The van der Waals surface area contributed by atoms with Crippen LogP contribution in [0.2, 0.25) is 0 Å². The molecule has 0 saturated heterocycles. The molecule has 0 aromatic heterocycles. The van der Waals surface area contributed by atoms with Crippen LogP contribution in [0.25, 0.3) is 0 Å². The van der Waals surface area contributed by atoms with Gasteiger partial charge in [0.2, 0.25) is 0 Å². The second kappa shape index (κ2) is 10.3. The zero-order valence-corrected chi connectivity index (χ0v) is 15.6. The van der Waals surface area contributed by atoms with Gasteiger partial charge in [-0.05, 0) is 37.0 Å². The van der Waals surface area contributed by atoms with E-state index in [0.717, 1.165) is 12.8 Å². The van der Waals surface area contributed by atoms with Gasteiger partial charge in [-0.25, -0.2) is 0 Å². The third kappa shape index (κ3) is 8.02. The van der Waals surface area contributed by atoms with E-state index in [2.05, 4.69) is 11.8 Å². The summed E-state index contributed by atoms with van der Waals surface area (Å²) in [5.74, 6) is 3.78. The van der Waals surface area contributed by atoms with E-state index in [1.165, 1.54) is 0 Å². The maximum atomic E-state index is 12.1. The van der Waals surface area contributed by atoms with Crippen molar-refractivity contribution < 1.29 is 28.2 Å². The molecule has 7 heteroatoms. The lowest BCUT2D eigenvalue weighted by atomic mass is 9.93. The van der Waals surface area contributed by atoms with Crippen LogP contribution >= 0.6 is 0 Å². The molecule has 0 fully saturated rings. The van der Waals surface area contributed by atoms with E-state index in [0.29, 0.717) is 24.0 Å². The minimum atomic E-state index is -4.94. The molecule has 0 spiro atoms. The third-order valence-electron chi connectivity index (χ3n) is 4.00. The molecular formula is C20H26F3NO3. The van der Waals surface area contributed by atoms with Gasteiger partial charge in [-0.3, -0.25) is 4.79 Å². The van der Waals surface area contributed by atoms with Crippen molar-refractivity contribution in [3.8, 4) is 11.8 Å². The molecule has 1 rings (SSSR count). The van der Waals surface area contributed by atoms with Gasteiger partial charge in [-0.2, -0.15) is 13.2 Å². The number of rotatable bonds is 8. The molecule has 0 aliphatic heterocycles. The maximum absolute atomic E-state index is 12.1. The summed E-state index contributed by atoms with van der Waals surface area (Å²) in [4.78, 5) is 10.8. The zero-order chi connectivity index (χ0) is 20.5. The smallest absolute Gasteiger partial charge is 0.388 e. The third-order valence-corrected chi connectivity index (χ3v) is 4.00. The lowest BCUT2D eigenvalue weighted by Gasteiger charge is -2.20. The summed E-state index contributed by atoms with van der Waals surface area (Å²) in [5, 5.41) is 22.4. The van der Waals surface area contributed by atoms with Crippen LogP contribution in [0.5, 0.6) is 0 Å². The number of alkyl halides is 3. The number of amides is 1. The van der Waals surface area contributed by atoms with Crippen LogP contribution < -0.4 is 5.32 Å². The quantitative estimate of drug-likeness (QED) is 0.600. The number of aliphatic hydroxyl groups is 2. The Morgan fingerprint density at radius 3 is 2.41 bits per heavy atom. The molecule has 0 aliphatic carbocycles. The van der Waals surface area contributed by atoms with Crippen LogP contribution in [0.3, 0.4) is 0 Å². The van der Waals surface area contributed by atoms with E-state index >= 15 is 0 Å². The molecule has 0 bridgehead atoms. The van der Waals surface area contributed by atoms with E-state index in [-0.39, 0.29) is 13.0 Å². The lowest BCUT2D eigenvalue weighted by molar-refractivity contribution is -0.173. The van der Waals surface area contributed by atoms with Crippen molar-refractivity contribution in [3.05, 3.63) is 35.4 Å². The molecule has 0 unspecified atom stereocenters. The normalized spacial score (nSPS) is 12.9. The Bertz CT molecular complexity index is 671. The van der Waals surface area contributed by atoms with E-state index < -0.39 is 23.8 Å². The van der Waals surface area contributed by atoms with Crippen molar-refractivity contribution in [2.75, 3.05) is 6.54 Å². The first kappa shape index (κ1) is 23.0. The van der Waals surface area contributed by atoms with Crippen molar-refractivity contribution in [2.24, 2.45) is 0 Å². The van der Waals surface area contributed by atoms with Gasteiger partial charge in [0.05, 0.1) is 6.10 Å². The molecule has 1 atom stereocenters. The number of benzene rings is 1. The average Bonchev–Trinajstić information content (AvgIpc) is 2.60. The fraction of sp³-hybridized carbons (Fsp3) is 0.550. The highest BCUT2D eigenvalue weighted by molar-refractivity contribution is 5.81. The summed E-state index contributed by atoms with van der Waals surface area (Å²) < 4.78 is 36.4. The van der Waals surface area contributed by atoms with Gasteiger partial charge in [0.25, 0.3) is 0 Å². The Morgan fingerprint density at radius 2 is 1.85 bits per heavy atom. The van der Waals surface area contributed by atoms with Crippen LogP contribution in [0, 0.1) is 11.8 Å². The topological polar surface area (TPSA) is 69.6 Å². The molecule has 3 N–H and O–H groups in total. The number of carbonyl (C=O) groups is 1. The van der Waals surface area contributed by atoms with Gasteiger partial charge in [0.15, 0.2) is 0 Å². The summed E-state index contributed by atoms with van der Waals surface area (Å²) in [5.41, 5.74) is 0.0223. The molecule has 0 radical (unpaired) electrons. The van der Waals surface area contributed by atoms with Gasteiger partial charge in [-0.15, -0.1) is 0 Å². The summed E-state index contributed by atoms with van der Waals surface area (Å²) in [7, 11) is 0. The summed E-state index contributed by atoms with van der Waals surface area (Å²) in [6, 6.07) is 6.66. The molecule has 1 aromatic carbocycles. The number of hydrogen-bond acceptors (Lipinski definition) is 3. The highest BCUT2D eigenvalue weighted by Crippen LogP contribution is 2.20. The molecule has 0 aliphatic rings. The molecular weight excluding hydrogens is 359 g/mol. The molecule has 1 aromatic rings. The average molecular weight is 385 g/mol. The number of nitrogens with one attached hydrogen (secondary N) is 1. The number of hydrogen-bond donors (Lipinski definition) is 3. The van der Waals surface area contributed by atoms with Gasteiger partial charge >= 0.3 is 12.1 Å². The molecule has 4 nitrogen and oxygen atoms in total. The van der Waals surface area contributed by atoms with Crippen LogP contribution in [0.1, 0.15) is 63.2 Å².